The van der Waals surface area contributed by atoms with Crippen LogP contribution in [0.15, 0.2) is 41.0 Å². The number of rotatable bonds is 5. The minimum Gasteiger partial charge on any atom is -0.490 e. The zero-order valence-electron chi connectivity index (χ0n) is 11.4. The number of hydrogen-bond acceptors (Lipinski definition) is 4. The van der Waals surface area contributed by atoms with Crippen LogP contribution >= 0.6 is 0 Å². The highest BCUT2D eigenvalue weighted by Crippen LogP contribution is 2.30. The van der Waals surface area contributed by atoms with Gasteiger partial charge in [-0.3, -0.25) is 0 Å². The van der Waals surface area contributed by atoms with Crippen LogP contribution < -0.4 is 14.8 Å². The lowest BCUT2D eigenvalue weighted by Gasteiger charge is -2.10. The average Bonchev–Trinajstić information content (AvgIpc) is 2.87. The second-order valence-corrected chi connectivity index (χ2v) is 4.84. The first kappa shape index (κ1) is 13.1. The maximum absolute atomic E-state index is 5.69. The molecule has 0 aliphatic carbocycles. The quantitative estimate of drug-likeness (QED) is 0.851. The van der Waals surface area contributed by atoms with Crippen molar-refractivity contribution in [2.45, 2.75) is 19.4 Å². The molecule has 1 N–H and O–H groups in total. The summed E-state index contributed by atoms with van der Waals surface area (Å²) in [6, 6.07) is 10.0. The number of furan rings is 1. The smallest absolute Gasteiger partial charge is 0.161 e. The van der Waals surface area contributed by atoms with E-state index in [1.165, 1.54) is 5.56 Å². The van der Waals surface area contributed by atoms with Crippen molar-refractivity contribution >= 4 is 0 Å². The molecule has 106 valence electrons. The van der Waals surface area contributed by atoms with E-state index in [0.29, 0.717) is 0 Å². The van der Waals surface area contributed by atoms with Gasteiger partial charge < -0.3 is 19.2 Å². The molecule has 4 nitrogen and oxygen atoms in total. The summed E-state index contributed by atoms with van der Waals surface area (Å²) >= 11 is 0. The molecular formula is C16H19NO3. The minimum atomic E-state index is 0.725. The van der Waals surface area contributed by atoms with Gasteiger partial charge in [0.25, 0.3) is 0 Å². The predicted octanol–water partition coefficient (Wildman–Crippen LogP) is 2.77. The number of hydrogen-bond donors (Lipinski definition) is 1. The molecule has 4 heteroatoms. The van der Waals surface area contributed by atoms with Gasteiger partial charge in [-0.05, 0) is 29.8 Å². The molecule has 1 aromatic carbocycles. The Bertz CT molecular complexity index is 537. The molecule has 1 aliphatic heterocycles. The van der Waals surface area contributed by atoms with Crippen molar-refractivity contribution in [1.82, 2.24) is 5.32 Å². The normalized spacial score (nSPS) is 14.0. The van der Waals surface area contributed by atoms with Gasteiger partial charge in [0, 0.05) is 25.9 Å². The van der Waals surface area contributed by atoms with Gasteiger partial charge in [-0.15, -0.1) is 0 Å². The maximum Gasteiger partial charge on any atom is 0.161 e. The van der Waals surface area contributed by atoms with Gasteiger partial charge in [-0.25, -0.2) is 0 Å². The molecule has 2 aromatic rings. The molecule has 0 unspecified atom stereocenters. The van der Waals surface area contributed by atoms with Crippen LogP contribution in [-0.4, -0.2) is 19.8 Å². The lowest BCUT2D eigenvalue weighted by Crippen LogP contribution is -2.16. The van der Waals surface area contributed by atoms with E-state index in [0.717, 1.165) is 56.4 Å². The van der Waals surface area contributed by atoms with E-state index in [1.54, 1.807) is 6.26 Å². The first-order valence-electron chi connectivity index (χ1n) is 7.03. The Labute approximate surface area is 118 Å². The highest BCUT2D eigenvalue weighted by Gasteiger charge is 2.10. The van der Waals surface area contributed by atoms with E-state index in [2.05, 4.69) is 17.4 Å². The molecule has 0 spiro atoms. The molecular weight excluding hydrogens is 254 g/mol. The number of nitrogens with one attached hydrogen (secondary N) is 1. The molecule has 20 heavy (non-hydrogen) atoms. The van der Waals surface area contributed by atoms with Crippen LogP contribution in [0.25, 0.3) is 0 Å². The number of benzene rings is 1. The number of fused-ring (bicyclic) bond motifs is 1. The third-order valence-electron chi connectivity index (χ3n) is 3.27. The highest BCUT2D eigenvalue weighted by atomic mass is 16.5. The molecule has 0 bridgehead atoms. The molecule has 1 aliphatic rings. The molecule has 3 rings (SSSR count). The average molecular weight is 273 g/mol. The second kappa shape index (κ2) is 6.48. The van der Waals surface area contributed by atoms with Crippen LogP contribution in [0.4, 0.5) is 0 Å². The first-order valence-corrected chi connectivity index (χ1v) is 7.03. The molecule has 1 aromatic heterocycles. The van der Waals surface area contributed by atoms with Crippen molar-refractivity contribution in [1.29, 1.82) is 0 Å². The zero-order valence-corrected chi connectivity index (χ0v) is 11.4. The summed E-state index contributed by atoms with van der Waals surface area (Å²) < 4.78 is 16.6. The Morgan fingerprint density at radius 1 is 1.05 bits per heavy atom. The molecule has 0 saturated carbocycles. The van der Waals surface area contributed by atoms with Gasteiger partial charge in [-0.2, -0.15) is 0 Å². The fraction of sp³-hybridized carbons (Fsp3) is 0.375. The lowest BCUT2D eigenvalue weighted by atomic mass is 10.2. The first-order chi connectivity index (χ1) is 9.92. The van der Waals surface area contributed by atoms with Gasteiger partial charge in [-0.1, -0.05) is 6.07 Å². The summed E-state index contributed by atoms with van der Waals surface area (Å²) in [4.78, 5) is 0. The molecule has 2 heterocycles. The summed E-state index contributed by atoms with van der Waals surface area (Å²) in [6.07, 6.45) is 3.54. The third kappa shape index (κ3) is 3.33. The highest BCUT2D eigenvalue weighted by molar-refractivity contribution is 5.43. The Balaban J connectivity index is 1.51. The number of ether oxygens (including phenoxy) is 2. The predicted molar refractivity (Wildman–Crippen MR) is 76.2 cm³/mol. The van der Waals surface area contributed by atoms with Gasteiger partial charge >= 0.3 is 0 Å². The van der Waals surface area contributed by atoms with Crippen molar-refractivity contribution < 1.29 is 13.9 Å². The van der Waals surface area contributed by atoms with Gasteiger partial charge in [0.05, 0.1) is 19.5 Å². The van der Waals surface area contributed by atoms with Gasteiger partial charge in [0.2, 0.25) is 0 Å². The molecule has 0 saturated heterocycles. The van der Waals surface area contributed by atoms with Crippen LogP contribution in [0.1, 0.15) is 17.7 Å². The largest absolute Gasteiger partial charge is 0.490 e. The van der Waals surface area contributed by atoms with Gasteiger partial charge in [0.15, 0.2) is 11.5 Å². The van der Waals surface area contributed by atoms with E-state index in [1.807, 2.05) is 18.2 Å². The SMILES string of the molecule is c1coc(CCNCc2ccc3c(c2)OCCCO3)c1. The Morgan fingerprint density at radius 3 is 2.80 bits per heavy atom. The van der Waals surface area contributed by atoms with Gasteiger partial charge in [0.1, 0.15) is 5.76 Å². The van der Waals surface area contributed by atoms with Crippen LogP contribution in [-0.2, 0) is 13.0 Å². The van der Waals surface area contributed by atoms with Crippen LogP contribution in [0.3, 0.4) is 0 Å². The fourth-order valence-corrected chi connectivity index (χ4v) is 2.22. The minimum absolute atomic E-state index is 0.725. The van der Waals surface area contributed by atoms with Crippen molar-refractivity contribution in [2.75, 3.05) is 19.8 Å². The van der Waals surface area contributed by atoms with E-state index in [9.17, 15) is 0 Å². The zero-order chi connectivity index (χ0) is 13.6. The van der Waals surface area contributed by atoms with Crippen molar-refractivity contribution in [3.8, 4) is 11.5 Å². The van der Waals surface area contributed by atoms with Crippen molar-refractivity contribution in [2.24, 2.45) is 0 Å². The standard InChI is InChI=1S/C16H19NO3/c1-3-14(18-8-1)6-7-17-12-13-4-5-15-16(11-13)20-10-2-9-19-15/h1,3-5,8,11,17H,2,6-7,9-10,12H2. The van der Waals surface area contributed by atoms with Crippen molar-refractivity contribution in [3.05, 3.63) is 47.9 Å². The van der Waals surface area contributed by atoms with Crippen molar-refractivity contribution in [3.63, 3.8) is 0 Å². The summed E-state index contributed by atoms with van der Waals surface area (Å²) in [5, 5.41) is 3.41. The van der Waals surface area contributed by atoms with Crippen LogP contribution in [0.2, 0.25) is 0 Å². The molecule has 0 radical (unpaired) electrons. The lowest BCUT2D eigenvalue weighted by molar-refractivity contribution is 0.297. The summed E-state index contributed by atoms with van der Waals surface area (Å²) in [5.41, 5.74) is 1.20. The fourth-order valence-electron chi connectivity index (χ4n) is 2.22. The monoisotopic (exact) mass is 273 g/mol. The summed E-state index contributed by atoms with van der Waals surface area (Å²) in [6.45, 7) is 3.16. The Morgan fingerprint density at radius 2 is 1.95 bits per heavy atom. The third-order valence-corrected chi connectivity index (χ3v) is 3.27. The topological polar surface area (TPSA) is 43.6 Å². The van der Waals surface area contributed by atoms with E-state index >= 15 is 0 Å². The van der Waals surface area contributed by atoms with E-state index in [4.69, 9.17) is 13.9 Å². The van der Waals surface area contributed by atoms with Crippen LogP contribution in [0.5, 0.6) is 11.5 Å². The molecule has 0 fully saturated rings. The summed E-state index contributed by atoms with van der Waals surface area (Å²) in [5.74, 6) is 2.71. The van der Waals surface area contributed by atoms with E-state index in [-0.39, 0.29) is 0 Å². The summed E-state index contributed by atoms with van der Waals surface area (Å²) in [7, 11) is 0. The molecule has 0 amide bonds. The van der Waals surface area contributed by atoms with Crippen LogP contribution in [0, 0.1) is 0 Å². The maximum atomic E-state index is 5.69. The second-order valence-electron chi connectivity index (χ2n) is 4.84. The Kier molecular flexibility index (Phi) is 4.23. The molecule has 0 atom stereocenters. The van der Waals surface area contributed by atoms with E-state index < -0.39 is 0 Å². The Hall–Kier alpha value is -1.94.